The zero-order valence-corrected chi connectivity index (χ0v) is 18.8. The zero-order chi connectivity index (χ0) is 23.4. The molecule has 1 fully saturated rings. The Labute approximate surface area is 195 Å². The van der Waals surface area contributed by atoms with Crippen LogP contribution < -0.4 is 19.7 Å². The minimum absolute atomic E-state index is 0.0804. The minimum atomic E-state index is -0.952. The van der Waals surface area contributed by atoms with Crippen LogP contribution in [0.2, 0.25) is 0 Å². The molecule has 0 unspecified atom stereocenters. The Morgan fingerprint density at radius 3 is 2.50 bits per heavy atom. The molecule has 1 aliphatic heterocycles. The van der Waals surface area contributed by atoms with Gasteiger partial charge in [0.1, 0.15) is 12.2 Å². The van der Waals surface area contributed by atoms with Crippen molar-refractivity contribution in [2.24, 2.45) is 0 Å². The SMILES string of the molecule is C=CCOc1c(I)cc(/C=C2\C(=O)NC(=O)N(c3ccc([N+](=O)[O-])cc3)C2=O)cc1OC. The fourth-order valence-electron chi connectivity index (χ4n) is 2.89. The minimum Gasteiger partial charge on any atom is -0.493 e. The lowest BCUT2D eigenvalue weighted by atomic mass is 10.1. The van der Waals surface area contributed by atoms with E-state index in [4.69, 9.17) is 9.47 Å². The number of nitro benzene ring substituents is 1. The predicted molar refractivity (Wildman–Crippen MR) is 124 cm³/mol. The second-order valence-electron chi connectivity index (χ2n) is 6.37. The van der Waals surface area contributed by atoms with Crippen molar-refractivity contribution in [1.82, 2.24) is 5.32 Å². The molecule has 3 rings (SSSR count). The zero-order valence-electron chi connectivity index (χ0n) is 16.7. The molecular formula is C21H16IN3O7. The lowest BCUT2D eigenvalue weighted by Gasteiger charge is -2.26. The van der Waals surface area contributed by atoms with Crippen molar-refractivity contribution in [3.63, 3.8) is 0 Å². The molecule has 164 valence electrons. The molecule has 2 aromatic carbocycles. The first-order valence-electron chi connectivity index (χ1n) is 9.04. The van der Waals surface area contributed by atoms with E-state index in [0.717, 1.165) is 17.0 Å². The van der Waals surface area contributed by atoms with Crippen LogP contribution in [0.4, 0.5) is 16.2 Å². The standard InChI is InChI=1S/C21H16IN3O7/c1-3-8-32-18-16(22)10-12(11-17(18)31-2)9-15-19(26)23-21(28)24(20(15)27)13-4-6-14(7-5-13)25(29)30/h3-7,9-11H,1,8H2,2H3,(H,23,26,28)/b15-9+. The van der Waals surface area contributed by atoms with Gasteiger partial charge in [0.05, 0.1) is 21.3 Å². The van der Waals surface area contributed by atoms with Crippen LogP contribution in [0, 0.1) is 13.7 Å². The molecule has 32 heavy (non-hydrogen) atoms. The summed E-state index contributed by atoms with van der Waals surface area (Å²) in [6, 6.07) is 7.13. The number of carbonyl (C=O) groups excluding carboxylic acids is 3. The third-order valence-corrected chi connectivity index (χ3v) is 5.13. The number of hydrogen-bond donors (Lipinski definition) is 1. The molecule has 1 saturated heterocycles. The van der Waals surface area contributed by atoms with Crippen molar-refractivity contribution >= 4 is 57.9 Å². The van der Waals surface area contributed by atoms with Crippen LogP contribution in [0.1, 0.15) is 5.56 Å². The highest BCUT2D eigenvalue weighted by molar-refractivity contribution is 14.1. The highest BCUT2D eigenvalue weighted by Crippen LogP contribution is 2.35. The van der Waals surface area contributed by atoms with Gasteiger partial charge < -0.3 is 9.47 Å². The number of rotatable bonds is 7. The maximum absolute atomic E-state index is 13.0. The number of urea groups is 1. The van der Waals surface area contributed by atoms with E-state index in [-0.39, 0.29) is 23.6 Å². The number of halogens is 1. The second kappa shape index (κ2) is 9.60. The van der Waals surface area contributed by atoms with Crippen molar-refractivity contribution in [3.8, 4) is 11.5 Å². The van der Waals surface area contributed by atoms with Crippen LogP contribution in [-0.2, 0) is 9.59 Å². The number of non-ortho nitro benzene ring substituents is 1. The number of benzene rings is 2. The van der Waals surface area contributed by atoms with Gasteiger partial charge >= 0.3 is 6.03 Å². The molecular weight excluding hydrogens is 533 g/mol. The van der Waals surface area contributed by atoms with Crippen LogP contribution in [0.3, 0.4) is 0 Å². The smallest absolute Gasteiger partial charge is 0.335 e. The van der Waals surface area contributed by atoms with E-state index in [9.17, 15) is 24.5 Å². The monoisotopic (exact) mass is 549 g/mol. The van der Waals surface area contributed by atoms with Crippen LogP contribution >= 0.6 is 22.6 Å². The Bertz CT molecular complexity index is 1160. The molecule has 0 atom stereocenters. The summed E-state index contributed by atoms with van der Waals surface area (Å²) in [7, 11) is 1.45. The lowest BCUT2D eigenvalue weighted by molar-refractivity contribution is -0.384. The topological polar surface area (TPSA) is 128 Å². The molecule has 0 spiro atoms. The van der Waals surface area contributed by atoms with E-state index >= 15 is 0 Å². The Morgan fingerprint density at radius 2 is 1.91 bits per heavy atom. The molecule has 0 saturated carbocycles. The van der Waals surface area contributed by atoms with Gasteiger partial charge in [0.25, 0.3) is 17.5 Å². The van der Waals surface area contributed by atoms with Crippen molar-refractivity contribution in [1.29, 1.82) is 0 Å². The maximum Gasteiger partial charge on any atom is 0.335 e. The number of imide groups is 2. The first-order chi connectivity index (χ1) is 15.3. The summed E-state index contributed by atoms with van der Waals surface area (Å²) in [5, 5.41) is 12.9. The molecule has 0 aromatic heterocycles. The number of carbonyl (C=O) groups is 3. The van der Waals surface area contributed by atoms with E-state index < -0.39 is 22.8 Å². The largest absolute Gasteiger partial charge is 0.493 e. The first kappa shape index (κ1) is 22.9. The molecule has 10 nitrogen and oxygen atoms in total. The molecule has 4 amide bonds. The number of barbiturate groups is 1. The van der Waals surface area contributed by atoms with Gasteiger partial charge in [-0.05, 0) is 58.5 Å². The van der Waals surface area contributed by atoms with Crippen LogP contribution in [0.25, 0.3) is 6.08 Å². The van der Waals surface area contributed by atoms with Gasteiger partial charge in [0.15, 0.2) is 11.5 Å². The number of nitrogens with zero attached hydrogens (tertiary/aromatic N) is 2. The summed E-state index contributed by atoms with van der Waals surface area (Å²) in [6.07, 6.45) is 2.91. The molecule has 1 heterocycles. The van der Waals surface area contributed by atoms with Crippen molar-refractivity contribution in [2.75, 3.05) is 18.6 Å². The third kappa shape index (κ3) is 4.61. The average Bonchev–Trinajstić information content (AvgIpc) is 2.75. The van der Waals surface area contributed by atoms with Gasteiger partial charge in [-0.25, -0.2) is 9.69 Å². The maximum atomic E-state index is 13.0. The number of anilines is 1. The van der Waals surface area contributed by atoms with Gasteiger partial charge in [0.2, 0.25) is 0 Å². The molecule has 0 aliphatic carbocycles. The molecule has 1 N–H and O–H groups in total. The fraction of sp³-hybridized carbons (Fsp3) is 0.0952. The van der Waals surface area contributed by atoms with Gasteiger partial charge in [-0.1, -0.05) is 12.7 Å². The van der Waals surface area contributed by atoms with Gasteiger partial charge in [-0.15, -0.1) is 0 Å². The van der Waals surface area contributed by atoms with E-state index in [1.807, 2.05) is 22.6 Å². The Kier molecular flexibility index (Phi) is 6.88. The van der Waals surface area contributed by atoms with Gasteiger partial charge in [0, 0.05) is 12.1 Å². The molecule has 11 heteroatoms. The number of nitro groups is 1. The molecule has 0 bridgehead atoms. The van der Waals surface area contributed by atoms with Crippen LogP contribution in [-0.4, -0.2) is 36.5 Å². The van der Waals surface area contributed by atoms with Crippen molar-refractivity contribution in [2.45, 2.75) is 0 Å². The van der Waals surface area contributed by atoms with Gasteiger partial charge in [-0.3, -0.25) is 25.0 Å². The normalized spacial score (nSPS) is 14.9. The predicted octanol–water partition coefficient (Wildman–Crippen LogP) is 3.44. The van der Waals surface area contributed by atoms with Gasteiger partial charge in [-0.2, -0.15) is 0 Å². The highest BCUT2D eigenvalue weighted by atomic mass is 127. The number of ether oxygens (including phenoxy) is 2. The van der Waals surface area contributed by atoms with Crippen molar-refractivity contribution < 1.29 is 28.8 Å². The van der Waals surface area contributed by atoms with Crippen LogP contribution in [0.15, 0.2) is 54.6 Å². The Morgan fingerprint density at radius 1 is 1.22 bits per heavy atom. The molecule has 1 aliphatic rings. The first-order valence-corrected chi connectivity index (χ1v) is 10.1. The summed E-state index contributed by atoms with van der Waals surface area (Å²) < 4.78 is 11.6. The summed E-state index contributed by atoms with van der Waals surface area (Å²) in [4.78, 5) is 48.6. The Hall–Kier alpha value is -3.74. The van der Waals surface area contributed by atoms with E-state index in [1.54, 1.807) is 18.2 Å². The van der Waals surface area contributed by atoms with E-state index in [2.05, 4.69) is 11.9 Å². The number of amides is 4. The number of methoxy groups -OCH3 is 1. The molecule has 2 aromatic rings. The Balaban J connectivity index is 1.99. The van der Waals surface area contributed by atoms with Crippen molar-refractivity contribution in [3.05, 3.63) is 73.9 Å². The summed E-state index contributed by atoms with van der Waals surface area (Å²) in [6.45, 7) is 3.86. The lowest BCUT2D eigenvalue weighted by Crippen LogP contribution is -2.54. The number of nitrogens with one attached hydrogen (secondary N) is 1. The van der Waals surface area contributed by atoms with E-state index in [1.165, 1.54) is 25.3 Å². The quantitative estimate of drug-likeness (QED) is 0.140. The van der Waals surface area contributed by atoms with E-state index in [0.29, 0.717) is 20.6 Å². The molecule has 0 radical (unpaired) electrons. The highest BCUT2D eigenvalue weighted by Gasteiger charge is 2.37. The summed E-state index contributed by atoms with van der Waals surface area (Å²) in [5.74, 6) is -0.859. The average molecular weight is 549 g/mol. The second-order valence-corrected chi connectivity index (χ2v) is 7.53. The third-order valence-electron chi connectivity index (χ3n) is 4.33. The summed E-state index contributed by atoms with van der Waals surface area (Å²) >= 11 is 2.03. The summed E-state index contributed by atoms with van der Waals surface area (Å²) in [5.41, 5.74) is 0.0528. The fourth-order valence-corrected chi connectivity index (χ4v) is 3.67. The number of hydrogen-bond acceptors (Lipinski definition) is 7. The van der Waals surface area contributed by atoms with Crippen LogP contribution in [0.5, 0.6) is 11.5 Å².